The molecule has 14 heavy (non-hydrogen) atoms. The van der Waals surface area contributed by atoms with Crippen molar-refractivity contribution >= 4 is 0 Å². The smallest absolute Gasteiger partial charge is 0.0358 e. The summed E-state index contributed by atoms with van der Waals surface area (Å²) in [6.07, 6.45) is 15.1. The zero-order valence-corrected chi connectivity index (χ0v) is 10.5. The van der Waals surface area contributed by atoms with E-state index in [0.29, 0.717) is 0 Å². The van der Waals surface area contributed by atoms with E-state index in [-0.39, 0.29) is 0 Å². The van der Waals surface area contributed by atoms with Crippen LogP contribution in [0.25, 0.3) is 0 Å². The van der Waals surface area contributed by atoms with Crippen molar-refractivity contribution in [2.24, 2.45) is 5.92 Å². The van der Waals surface area contributed by atoms with Crippen LogP contribution < -0.4 is 0 Å². The highest BCUT2D eigenvalue weighted by Gasteiger charge is 2.01. The Morgan fingerprint density at radius 3 is 2.14 bits per heavy atom. The first-order chi connectivity index (χ1) is 6.81. The van der Waals surface area contributed by atoms with Gasteiger partial charge in [-0.25, -0.2) is 0 Å². The Balaban J connectivity index is 3.06. The first-order valence-corrected chi connectivity index (χ1v) is 6.64. The highest BCUT2D eigenvalue weighted by atomic mass is 14.1. The van der Waals surface area contributed by atoms with E-state index in [1.54, 1.807) is 0 Å². The van der Waals surface area contributed by atoms with Gasteiger partial charge in [-0.05, 0) is 18.8 Å². The number of hydrogen-bond acceptors (Lipinski definition) is 0. The van der Waals surface area contributed by atoms with Crippen molar-refractivity contribution in [3.63, 3.8) is 0 Å². The van der Waals surface area contributed by atoms with Crippen LogP contribution in [0.3, 0.4) is 0 Å². The van der Waals surface area contributed by atoms with Crippen LogP contribution >= 0.6 is 0 Å². The van der Waals surface area contributed by atoms with Crippen molar-refractivity contribution in [3.05, 3.63) is 6.42 Å². The molecule has 0 amide bonds. The summed E-state index contributed by atoms with van der Waals surface area (Å²) in [5.74, 6) is 0.850. The molecule has 0 saturated carbocycles. The highest BCUT2D eigenvalue weighted by Crippen LogP contribution is 2.16. The van der Waals surface area contributed by atoms with Gasteiger partial charge >= 0.3 is 0 Å². The maximum atomic E-state index is 2.53. The molecule has 0 heteroatoms. The summed E-state index contributed by atoms with van der Waals surface area (Å²) >= 11 is 0. The molecule has 0 N–H and O–H groups in total. The fraction of sp³-hybridized carbons (Fsp3) is 0.929. The first-order valence-electron chi connectivity index (χ1n) is 6.64. The quantitative estimate of drug-likeness (QED) is 0.413. The standard InChI is InChI=1S/C14H29/c1-4-6-8-9-11-13-14(3)12-10-7-5-2/h13-14H,4-12H2,1-3H3. The van der Waals surface area contributed by atoms with Crippen molar-refractivity contribution in [1.82, 2.24) is 0 Å². The molecule has 1 radical (unpaired) electrons. The molecule has 0 spiro atoms. The van der Waals surface area contributed by atoms with E-state index in [0.717, 1.165) is 5.92 Å². The zero-order chi connectivity index (χ0) is 10.6. The van der Waals surface area contributed by atoms with E-state index >= 15 is 0 Å². The molecule has 1 unspecified atom stereocenters. The lowest BCUT2D eigenvalue weighted by molar-refractivity contribution is 0.522. The molecule has 0 aromatic rings. The van der Waals surface area contributed by atoms with E-state index in [1.165, 1.54) is 57.8 Å². The minimum atomic E-state index is 0.850. The largest absolute Gasteiger partial charge is 0.0654 e. The second kappa shape index (κ2) is 11.1. The molecule has 0 rings (SSSR count). The van der Waals surface area contributed by atoms with Gasteiger partial charge in [0.1, 0.15) is 0 Å². The predicted octanol–water partition coefficient (Wildman–Crippen LogP) is 5.38. The average Bonchev–Trinajstić information content (AvgIpc) is 2.18. The van der Waals surface area contributed by atoms with Crippen molar-refractivity contribution < 1.29 is 0 Å². The Labute approximate surface area is 91.5 Å². The lowest BCUT2D eigenvalue weighted by atomic mass is 9.96. The minimum Gasteiger partial charge on any atom is -0.0654 e. The molecule has 0 saturated heterocycles. The fourth-order valence-corrected chi connectivity index (χ4v) is 1.81. The second-order valence-electron chi connectivity index (χ2n) is 4.56. The molecule has 85 valence electrons. The SMILES string of the molecule is CCCCCC[CH]C(C)CCCCC. The third kappa shape index (κ3) is 10.1. The van der Waals surface area contributed by atoms with Gasteiger partial charge in [-0.1, -0.05) is 72.1 Å². The van der Waals surface area contributed by atoms with E-state index in [9.17, 15) is 0 Å². The van der Waals surface area contributed by atoms with Crippen LogP contribution in [0.15, 0.2) is 0 Å². The van der Waals surface area contributed by atoms with Gasteiger partial charge in [0.05, 0.1) is 0 Å². The Bertz CT molecular complexity index is 96.2. The molecule has 0 aromatic heterocycles. The zero-order valence-electron chi connectivity index (χ0n) is 10.5. The van der Waals surface area contributed by atoms with E-state index in [4.69, 9.17) is 0 Å². The first kappa shape index (κ1) is 14.0. The Hall–Kier alpha value is 0. The summed E-state index contributed by atoms with van der Waals surface area (Å²) in [6.45, 7) is 6.92. The molecular weight excluding hydrogens is 168 g/mol. The molecular formula is C14H29. The molecule has 0 nitrogen and oxygen atoms in total. The van der Waals surface area contributed by atoms with E-state index < -0.39 is 0 Å². The molecule has 0 aliphatic rings. The number of hydrogen-bond donors (Lipinski definition) is 0. The normalized spacial score (nSPS) is 13.1. The van der Waals surface area contributed by atoms with Crippen molar-refractivity contribution in [2.45, 2.75) is 78.6 Å². The van der Waals surface area contributed by atoms with Crippen molar-refractivity contribution in [3.8, 4) is 0 Å². The summed E-state index contributed by atoms with van der Waals surface area (Å²) in [6, 6.07) is 0. The maximum absolute atomic E-state index is 2.53. The molecule has 0 aromatic carbocycles. The highest BCUT2D eigenvalue weighted by molar-refractivity contribution is 4.72. The van der Waals surface area contributed by atoms with Gasteiger partial charge in [-0.15, -0.1) is 0 Å². The summed E-state index contributed by atoms with van der Waals surface area (Å²) in [7, 11) is 0. The third-order valence-corrected chi connectivity index (χ3v) is 2.89. The van der Waals surface area contributed by atoms with Crippen LogP contribution in [0.2, 0.25) is 0 Å². The molecule has 0 aliphatic heterocycles. The van der Waals surface area contributed by atoms with E-state index in [2.05, 4.69) is 27.2 Å². The van der Waals surface area contributed by atoms with Gasteiger partial charge in [0, 0.05) is 0 Å². The Morgan fingerprint density at radius 1 is 0.857 bits per heavy atom. The predicted molar refractivity (Wildman–Crippen MR) is 66.4 cm³/mol. The molecule has 0 fully saturated rings. The third-order valence-electron chi connectivity index (χ3n) is 2.89. The van der Waals surface area contributed by atoms with Crippen molar-refractivity contribution in [1.29, 1.82) is 0 Å². The molecule has 1 atom stereocenters. The van der Waals surface area contributed by atoms with Crippen LogP contribution in [0.1, 0.15) is 78.6 Å². The van der Waals surface area contributed by atoms with Gasteiger partial charge in [0.25, 0.3) is 0 Å². The summed E-state index contributed by atoms with van der Waals surface area (Å²) in [5, 5.41) is 0. The number of rotatable bonds is 10. The monoisotopic (exact) mass is 197 g/mol. The summed E-state index contributed by atoms with van der Waals surface area (Å²) in [4.78, 5) is 0. The molecule has 0 aliphatic carbocycles. The average molecular weight is 197 g/mol. The second-order valence-corrected chi connectivity index (χ2v) is 4.56. The van der Waals surface area contributed by atoms with Crippen molar-refractivity contribution in [2.75, 3.05) is 0 Å². The lowest BCUT2D eigenvalue weighted by Gasteiger charge is -2.09. The summed E-state index contributed by atoms with van der Waals surface area (Å²) in [5.41, 5.74) is 0. The Kier molecular flexibility index (Phi) is 11.1. The van der Waals surface area contributed by atoms with Crippen LogP contribution in [-0.4, -0.2) is 0 Å². The van der Waals surface area contributed by atoms with Crippen LogP contribution in [-0.2, 0) is 0 Å². The minimum absolute atomic E-state index is 0.850. The van der Waals surface area contributed by atoms with Crippen LogP contribution in [0.5, 0.6) is 0 Å². The van der Waals surface area contributed by atoms with E-state index in [1.807, 2.05) is 0 Å². The van der Waals surface area contributed by atoms with Crippen LogP contribution in [0.4, 0.5) is 0 Å². The maximum Gasteiger partial charge on any atom is -0.0358 e. The topological polar surface area (TPSA) is 0 Å². The number of unbranched alkanes of at least 4 members (excludes halogenated alkanes) is 6. The van der Waals surface area contributed by atoms with Gasteiger partial charge in [-0.3, -0.25) is 0 Å². The van der Waals surface area contributed by atoms with Gasteiger partial charge in [0.2, 0.25) is 0 Å². The molecule has 0 bridgehead atoms. The Morgan fingerprint density at radius 2 is 1.50 bits per heavy atom. The summed E-state index contributed by atoms with van der Waals surface area (Å²) < 4.78 is 0. The lowest BCUT2D eigenvalue weighted by Crippen LogP contribution is -1.95. The van der Waals surface area contributed by atoms with Crippen LogP contribution in [0, 0.1) is 12.3 Å². The fourth-order valence-electron chi connectivity index (χ4n) is 1.81. The van der Waals surface area contributed by atoms with Gasteiger partial charge < -0.3 is 0 Å². The van der Waals surface area contributed by atoms with Gasteiger partial charge in [0.15, 0.2) is 0 Å². The van der Waals surface area contributed by atoms with Gasteiger partial charge in [-0.2, -0.15) is 0 Å². The molecule has 0 heterocycles.